The van der Waals surface area contributed by atoms with Crippen LogP contribution in [-0.2, 0) is 0 Å². The normalized spacial score (nSPS) is 11.9. The van der Waals surface area contributed by atoms with E-state index in [4.69, 9.17) is 0 Å². The Balaban J connectivity index is 1.88. The molecule has 21 heavy (non-hydrogen) atoms. The highest BCUT2D eigenvalue weighted by Gasteiger charge is 2.04. The number of hydrogen-bond acceptors (Lipinski definition) is 5. The fourth-order valence-corrected chi connectivity index (χ4v) is 2.67. The van der Waals surface area contributed by atoms with Gasteiger partial charge in [0.25, 0.3) is 0 Å². The van der Waals surface area contributed by atoms with E-state index in [0.717, 1.165) is 28.6 Å². The lowest BCUT2D eigenvalue weighted by Gasteiger charge is -2.01. The quantitative estimate of drug-likeness (QED) is 0.464. The Hall–Kier alpha value is -1.82. The molecule has 2 rings (SSSR count). The number of nitrogens with one attached hydrogen (secondary N) is 2. The highest BCUT2D eigenvalue weighted by molar-refractivity contribution is 7.99. The Kier molecular flexibility index (Phi) is 5.80. The van der Waals surface area contributed by atoms with Crippen molar-refractivity contribution >= 4 is 23.4 Å². The molecule has 0 unspecified atom stereocenters. The molecular weight excluding hydrogens is 282 g/mol. The molecule has 0 bridgehead atoms. The maximum atomic E-state index is 4.35. The van der Waals surface area contributed by atoms with E-state index in [0.29, 0.717) is 11.9 Å². The van der Waals surface area contributed by atoms with Crippen LogP contribution in [0.5, 0.6) is 0 Å². The first kappa shape index (κ1) is 15.6. The van der Waals surface area contributed by atoms with Gasteiger partial charge in [-0.2, -0.15) is 10.1 Å². The van der Waals surface area contributed by atoms with Crippen molar-refractivity contribution in [3.8, 4) is 0 Å². The first-order chi connectivity index (χ1) is 10.1. The maximum absolute atomic E-state index is 4.35. The summed E-state index contributed by atoms with van der Waals surface area (Å²) in [5.74, 6) is 2.30. The van der Waals surface area contributed by atoms with Crippen molar-refractivity contribution < 1.29 is 0 Å². The number of aromatic nitrogens is 3. The number of hydrogen-bond donors (Lipinski definition) is 2. The molecule has 0 aliphatic rings. The van der Waals surface area contributed by atoms with Crippen LogP contribution in [-0.4, -0.2) is 26.6 Å². The summed E-state index contributed by atoms with van der Waals surface area (Å²) in [6.07, 6.45) is 1.16. The van der Waals surface area contributed by atoms with Gasteiger partial charge in [0.1, 0.15) is 0 Å². The van der Waals surface area contributed by atoms with Crippen molar-refractivity contribution in [1.82, 2.24) is 15.2 Å². The van der Waals surface area contributed by atoms with Crippen LogP contribution in [0.1, 0.15) is 32.8 Å². The van der Waals surface area contributed by atoms with Crippen molar-refractivity contribution in [3.63, 3.8) is 0 Å². The molecule has 6 heteroatoms. The largest absolute Gasteiger partial charge is 0.245 e. The van der Waals surface area contributed by atoms with Crippen molar-refractivity contribution in [2.75, 3.05) is 11.2 Å². The average molecular weight is 303 g/mol. The number of rotatable bonds is 7. The summed E-state index contributed by atoms with van der Waals surface area (Å²) in [7, 11) is 0. The van der Waals surface area contributed by atoms with Gasteiger partial charge in [-0.15, -0.1) is 5.10 Å². The number of benzene rings is 1. The average Bonchev–Trinajstić information content (AvgIpc) is 2.93. The number of thioether (sulfide) groups is 1. The fourth-order valence-electron chi connectivity index (χ4n) is 1.63. The summed E-state index contributed by atoms with van der Waals surface area (Å²) >= 11 is 1.66. The standard InChI is InChI=1S/C15H21N5S/c1-11(2)9-10-21-15-16-14(19-20-15)18-17-12(3)13-7-5-4-6-8-13/h4-8,11H,9-10H2,1-3H3,(H2,16,18,19,20)/b17-12-. The number of hydrazone groups is 1. The van der Waals surface area contributed by atoms with Crippen molar-refractivity contribution in [2.24, 2.45) is 11.0 Å². The molecule has 0 aliphatic carbocycles. The SMILES string of the molecule is C/C(=N/Nc1nc(SCCC(C)C)n[nH]1)c1ccccc1. The molecular formula is C15H21N5S. The van der Waals surface area contributed by atoms with E-state index in [9.17, 15) is 0 Å². The lowest BCUT2D eigenvalue weighted by atomic mass is 10.1. The molecule has 1 heterocycles. The molecule has 2 aromatic rings. The van der Waals surface area contributed by atoms with E-state index in [-0.39, 0.29) is 0 Å². The lowest BCUT2D eigenvalue weighted by Crippen LogP contribution is -2.00. The first-order valence-corrected chi connectivity index (χ1v) is 8.04. The number of H-pyrrole nitrogens is 1. The second-order valence-corrected chi connectivity index (χ2v) is 6.23. The minimum Gasteiger partial charge on any atom is -0.245 e. The van der Waals surface area contributed by atoms with Crippen molar-refractivity contribution in [1.29, 1.82) is 0 Å². The molecule has 0 saturated heterocycles. The third kappa shape index (κ3) is 5.23. The van der Waals surface area contributed by atoms with Gasteiger partial charge in [-0.05, 0) is 24.8 Å². The van der Waals surface area contributed by atoms with Gasteiger partial charge in [0.15, 0.2) is 0 Å². The van der Waals surface area contributed by atoms with Gasteiger partial charge in [0.05, 0.1) is 5.71 Å². The molecule has 5 nitrogen and oxygen atoms in total. The fraction of sp³-hybridized carbons (Fsp3) is 0.400. The van der Waals surface area contributed by atoms with Crippen LogP contribution in [0.4, 0.5) is 5.95 Å². The highest BCUT2D eigenvalue weighted by atomic mass is 32.2. The van der Waals surface area contributed by atoms with Gasteiger partial charge in [0, 0.05) is 5.75 Å². The van der Waals surface area contributed by atoms with Crippen molar-refractivity contribution in [2.45, 2.75) is 32.3 Å². The summed E-state index contributed by atoms with van der Waals surface area (Å²) in [5.41, 5.74) is 4.89. The number of nitrogens with zero attached hydrogens (tertiary/aromatic N) is 3. The summed E-state index contributed by atoms with van der Waals surface area (Å²) in [6.45, 7) is 6.39. The Bertz CT molecular complexity index is 577. The number of aromatic amines is 1. The second-order valence-electron chi connectivity index (χ2n) is 5.17. The third-order valence-electron chi connectivity index (χ3n) is 2.91. The first-order valence-electron chi connectivity index (χ1n) is 7.06. The predicted octanol–water partition coefficient (Wildman–Crippen LogP) is 3.78. The van der Waals surface area contributed by atoms with E-state index in [2.05, 4.69) is 39.6 Å². The van der Waals surface area contributed by atoms with Gasteiger partial charge < -0.3 is 0 Å². The minimum absolute atomic E-state index is 0.567. The predicted molar refractivity (Wildman–Crippen MR) is 88.8 cm³/mol. The van der Waals surface area contributed by atoms with Crippen LogP contribution < -0.4 is 5.43 Å². The van der Waals surface area contributed by atoms with Gasteiger partial charge in [-0.1, -0.05) is 55.9 Å². The smallest absolute Gasteiger partial charge is 0.240 e. The van der Waals surface area contributed by atoms with E-state index in [1.807, 2.05) is 37.3 Å². The molecule has 0 atom stereocenters. The molecule has 0 amide bonds. The van der Waals surface area contributed by atoms with Crippen LogP contribution in [0.2, 0.25) is 0 Å². The molecule has 0 fully saturated rings. The maximum Gasteiger partial charge on any atom is 0.240 e. The Morgan fingerprint density at radius 2 is 2.10 bits per heavy atom. The zero-order valence-electron chi connectivity index (χ0n) is 12.6. The van der Waals surface area contributed by atoms with E-state index < -0.39 is 0 Å². The van der Waals surface area contributed by atoms with Gasteiger partial charge in [-0.25, -0.2) is 10.5 Å². The molecule has 0 saturated carbocycles. The third-order valence-corrected chi connectivity index (χ3v) is 3.79. The molecule has 112 valence electrons. The zero-order valence-corrected chi connectivity index (χ0v) is 13.4. The van der Waals surface area contributed by atoms with Crippen LogP contribution in [0.3, 0.4) is 0 Å². The molecule has 0 radical (unpaired) electrons. The zero-order chi connectivity index (χ0) is 15.1. The van der Waals surface area contributed by atoms with Crippen LogP contribution in [0.15, 0.2) is 40.6 Å². The van der Waals surface area contributed by atoms with Crippen LogP contribution >= 0.6 is 11.8 Å². The summed E-state index contributed by atoms with van der Waals surface area (Å²) in [4.78, 5) is 4.35. The highest BCUT2D eigenvalue weighted by Crippen LogP contribution is 2.17. The molecule has 1 aromatic carbocycles. The Labute approximate surface area is 129 Å². The summed E-state index contributed by atoms with van der Waals surface area (Å²) in [5, 5.41) is 12.1. The van der Waals surface area contributed by atoms with Gasteiger partial charge in [-0.3, -0.25) is 0 Å². The summed E-state index contributed by atoms with van der Waals surface area (Å²) < 4.78 is 0. The van der Waals surface area contributed by atoms with E-state index in [1.54, 1.807) is 11.8 Å². The molecule has 1 aromatic heterocycles. The van der Waals surface area contributed by atoms with Gasteiger partial charge >= 0.3 is 0 Å². The topological polar surface area (TPSA) is 66.0 Å². The molecule has 0 aliphatic heterocycles. The van der Waals surface area contributed by atoms with E-state index in [1.165, 1.54) is 0 Å². The molecule has 2 N–H and O–H groups in total. The lowest BCUT2D eigenvalue weighted by molar-refractivity contribution is 0.631. The van der Waals surface area contributed by atoms with Gasteiger partial charge in [0.2, 0.25) is 11.1 Å². The van der Waals surface area contributed by atoms with E-state index >= 15 is 0 Å². The Morgan fingerprint density at radius 1 is 1.33 bits per heavy atom. The Morgan fingerprint density at radius 3 is 2.81 bits per heavy atom. The number of anilines is 1. The second kappa shape index (κ2) is 7.83. The molecule has 0 spiro atoms. The van der Waals surface area contributed by atoms with Crippen LogP contribution in [0.25, 0.3) is 0 Å². The monoisotopic (exact) mass is 303 g/mol. The summed E-state index contributed by atoms with van der Waals surface area (Å²) in [6, 6.07) is 10.0. The van der Waals surface area contributed by atoms with Crippen molar-refractivity contribution in [3.05, 3.63) is 35.9 Å². The minimum atomic E-state index is 0.567. The van der Waals surface area contributed by atoms with Crippen LogP contribution in [0, 0.1) is 5.92 Å².